The molecule has 2 aromatic carbocycles. The van der Waals surface area contributed by atoms with Gasteiger partial charge in [0.2, 0.25) is 15.9 Å². The van der Waals surface area contributed by atoms with Gasteiger partial charge in [-0.05, 0) is 49.2 Å². The van der Waals surface area contributed by atoms with E-state index in [4.69, 9.17) is 9.47 Å². The first-order valence-electron chi connectivity index (χ1n) is 9.09. The highest BCUT2D eigenvalue weighted by molar-refractivity contribution is 7.89. The molecule has 2 rings (SSSR count). The Bertz CT molecular complexity index is 895. The Hall–Kier alpha value is -2.58. The van der Waals surface area contributed by atoms with Crippen molar-refractivity contribution in [1.82, 2.24) is 4.72 Å². The lowest BCUT2D eigenvalue weighted by Gasteiger charge is -2.14. The third-order valence-corrected chi connectivity index (χ3v) is 5.48. The van der Waals surface area contributed by atoms with Gasteiger partial charge in [0.05, 0.1) is 24.3 Å². The van der Waals surface area contributed by atoms with E-state index in [0.29, 0.717) is 24.5 Å². The lowest BCUT2D eigenvalue weighted by Crippen LogP contribution is -2.26. The van der Waals surface area contributed by atoms with Gasteiger partial charge in [0.25, 0.3) is 0 Å². The summed E-state index contributed by atoms with van der Waals surface area (Å²) >= 11 is 0. The fourth-order valence-electron chi connectivity index (χ4n) is 2.50. The van der Waals surface area contributed by atoms with Gasteiger partial charge in [0.1, 0.15) is 11.5 Å². The van der Waals surface area contributed by atoms with E-state index < -0.39 is 10.0 Å². The summed E-state index contributed by atoms with van der Waals surface area (Å²) in [6.45, 7) is 4.19. The largest absolute Gasteiger partial charge is 0.497 e. The van der Waals surface area contributed by atoms with Crippen LogP contribution in [0.4, 0.5) is 5.69 Å². The molecule has 0 bridgehead atoms. The quantitative estimate of drug-likeness (QED) is 0.633. The molecule has 7 nitrogen and oxygen atoms in total. The second-order valence-corrected chi connectivity index (χ2v) is 7.76. The first kappa shape index (κ1) is 21.7. The van der Waals surface area contributed by atoms with Crippen LogP contribution in [0.5, 0.6) is 11.5 Å². The smallest absolute Gasteiger partial charge is 0.240 e. The molecule has 0 aliphatic rings. The van der Waals surface area contributed by atoms with E-state index in [9.17, 15) is 13.2 Å². The van der Waals surface area contributed by atoms with E-state index in [-0.39, 0.29) is 23.8 Å². The number of rotatable bonds is 10. The van der Waals surface area contributed by atoms with Crippen molar-refractivity contribution in [3.8, 4) is 11.5 Å². The third kappa shape index (κ3) is 5.97. The number of hydrogen-bond donors (Lipinski definition) is 2. The Morgan fingerprint density at radius 2 is 1.79 bits per heavy atom. The molecule has 0 heterocycles. The zero-order valence-corrected chi connectivity index (χ0v) is 17.1. The lowest BCUT2D eigenvalue weighted by atomic mass is 10.1. The molecule has 0 aliphatic heterocycles. The molecule has 0 radical (unpaired) electrons. The number of anilines is 1. The average Bonchev–Trinajstić information content (AvgIpc) is 2.69. The minimum Gasteiger partial charge on any atom is -0.497 e. The van der Waals surface area contributed by atoms with Gasteiger partial charge >= 0.3 is 0 Å². The number of carbonyl (C=O) groups excluding carboxylic acids is 1. The maximum absolute atomic E-state index is 12.6. The number of amides is 1. The molecule has 0 saturated heterocycles. The van der Waals surface area contributed by atoms with Gasteiger partial charge in [0, 0.05) is 13.0 Å². The number of nitrogens with one attached hydrogen (secondary N) is 2. The van der Waals surface area contributed by atoms with Crippen LogP contribution in [0.1, 0.15) is 25.8 Å². The minimum absolute atomic E-state index is 0.0667. The maximum Gasteiger partial charge on any atom is 0.240 e. The zero-order valence-electron chi connectivity index (χ0n) is 16.3. The van der Waals surface area contributed by atoms with Crippen LogP contribution in [0.3, 0.4) is 0 Å². The van der Waals surface area contributed by atoms with E-state index >= 15 is 0 Å². The van der Waals surface area contributed by atoms with Crippen molar-refractivity contribution in [3.63, 3.8) is 0 Å². The van der Waals surface area contributed by atoms with Crippen LogP contribution in [0.25, 0.3) is 0 Å². The van der Waals surface area contributed by atoms with Gasteiger partial charge < -0.3 is 14.8 Å². The van der Waals surface area contributed by atoms with E-state index in [2.05, 4.69) is 10.0 Å². The Morgan fingerprint density at radius 3 is 2.39 bits per heavy atom. The average molecular weight is 407 g/mol. The van der Waals surface area contributed by atoms with Crippen molar-refractivity contribution in [2.24, 2.45) is 0 Å². The molecule has 0 unspecified atom stereocenters. The predicted molar refractivity (Wildman–Crippen MR) is 108 cm³/mol. The van der Waals surface area contributed by atoms with E-state index in [1.165, 1.54) is 12.1 Å². The Labute approximate surface area is 166 Å². The van der Waals surface area contributed by atoms with Crippen LogP contribution in [0.15, 0.2) is 47.4 Å². The molecule has 152 valence electrons. The van der Waals surface area contributed by atoms with Gasteiger partial charge in [-0.3, -0.25) is 4.79 Å². The Balaban J connectivity index is 2.10. The number of sulfonamides is 1. The molecule has 0 saturated carbocycles. The lowest BCUT2D eigenvalue weighted by molar-refractivity contribution is -0.115. The van der Waals surface area contributed by atoms with Crippen LogP contribution in [-0.2, 0) is 21.2 Å². The van der Waals surface area contributed by atoms with E-state index in [1.54, 1.807) is 20.1 Å². The van der Waals surface area contributed by atoms with Gasteiger partial charge in [-0.25, -0.2) is 13.1 Å². The molecular weight excluding hydrogens is 380 g/mol. The molecule has 2 N–H and O–H groups in total. The number of hydrogen-bond acceptors (Lipinski definition) is 5. The molecule has 8 heteroatoms. The topological polar surface area (TPSA) is 93.7 Å². The first-order valence-corrected chi connectivity index (χ1v) is 10.6. The minimum atomic E-state index is -3.72. The summed E-state index contributed by atoms with van der Waals surface area (Å²) in [5.41, 5.74) is 1.33. The first-order chi connectivity index (χ1) is 13.4. The van der Waals surface area contributed by atoms with Crippen molar-refractivity contribution < 1.29 is 22.7 Å². The van der Waals surface area contributed by atoms with E-state index in [1.807, 2.05) is 31.2 Å². The van der Waals surface area contributed by atoms with Gasteiger partial charge in [-0.15, -0.1) is 0 Å². The van der Waals surface area contributed by atoms with Gasteiger partial charge in [-0.2, -0.15) is 0 Å². The molecule has 0 aromatic heterocycles. The van der Waals surface area contributed by atoms with Crippen molar-refractivity contribution in [2.75, 3.05) is 25.6 Å². The van der Waals surface area contributed by atoms with Crippen LogP contribution in [0, 0.1) is 0 Å². The molecule has 2 aromatic rings. The highest BCUT2D eigenvalue weighted by Crippen LogP contribution is 2.28. The summed E-state index contributed by atoms with van der Waals surface area (Å²) in [5.74, 6) is 0.963. The molecule has 0 fully saturated rings. The van der Waals surface area contributed by atoms with Crippen LogP contribution >= 0.6 is 0 Å². The van der Waals surface area contributed by atoms with E-state index in [0.717, 1.165) is 11.3 Å². The standard InChI is InChI=1S/C20H26N2O5S/c1-4-20(23)22-18-14-17(10-11-19(18)27-5-2)28(24,25)21-13-12-15-6-8-16(26-3)9-7-15/h6-11,14,21H,4-5,12-13H2,1-3H3,(H,22,23). The summed E-state index contributed by atoms with van der Waals surface area (Å²) in [6.07, 6.45) is 0.822. The van der Waals surface area contributed by atoms with Crippen LogP contribution in [0.2, 0.25) is 0 Å². The molecule has 28 heavy (non-hydrogen) atoms. The molecule has 1 amide bonds. The van der Waals surface area contributed by atoms with Crippen LogP contribution in [-0.4, -0.2) is 34.6 Å². The normalized spacial score (nSPS) is 11.1. The SMILES string of the molecule is CCOc1ccc(S(=O)(=O)NCCc2ccc(OC)cc2)cc1NC(=O)CC. The second kappa shape index (κ2) is 10.1. The highest BCUT2D eigenvalue weighted by Gasteiger charge is 2.17. The monoisotopic (exact) mass is 406 g/mol. The fraction of sp³-hybridized carbons (Fsp3) is 0.350. The third-order valence-electron chi connectivity index (χ3n) is 4.02. The summed E-state index contributed by atoms with van der Waals surface area (Å²) in [7, 11) is -2.13. The Kier molecular flexibility index (Phi) is 7.83. The number of methoxy groups -OCH3 is 1. The molecule has 0 spiro atoms. The predicted octanol–water partition coefficient (Wildman–Crippen LogP) is 2.96. The van der Waals surface area contributed by atoms with Crippen LogP contribution < -0.4 is 19.5 Å². The van der Waals surface area contributed by atoms with Gasteiger partial charge in [-0.1, -0.05) is 19.1 Å². The molecule has 0 aliphatic carbocycles. The van der Waals surface area contributed by atoms with Crippen molar-refractivity contribution in [1.29, 1.82) is 0 Å². The summed E-state index contributed by atoms with van der Waals surface area (Å²) in [4.78, 5) is 11.8. The van der Waals surface area contributed by atoms with Crippen molar-refractivity contribution >= 4 is 21.6 Å². The van der Waals surface area contributed by atoms with Gasteiger partial charge in [0.15, 0.2) is 0 Å². The second-order valence-electron chi connectivity index (χ2n) is 5.99. The maximum atomic E-state index is 12.6. The van der Waals surface area contributed by atoms with Crippen molar-refractivity contribution in [3.05, 3.63) is 48.0 Å². The Morgan fingerprint density at radius 1 is 1.07 bits per heavy atom. The number of benzene rings is 2. The zero-order chi connectivity index (χ0) is 20.6. The molecular formula is C20H26N2O5S. The summed E-state index contributed by atoms with van der Waals surface area (Å²) < 4.78 is 38.4. The summed E-state index contributed by atoms with van der Waals surface area (Å²) in [6, 6.07) is 11.9. The summed E-state index contributed by atoms with van der Waals surface area (Å²) in [5, 5.41) is 2.68. The number of ether oxygens (including phenoxy) is 2. The number of carbonyl (C=O) groups is 1. The molecule has 0 atom stereocenters. The highest BCUT2D eigenvalue weighted by atomic mass is 32.2. The fourth-order valence-corrected chi connectivity index (χ4v) is 3.56. The van der Waals surface area contributed by atoms with Crippen molar-refractivity contribution in [2.45, 2.75) is 31.6 Å².